The van der Waals surface area contributed by atoms with E-state index in [1.54, 1.807) is 13.8 Å². The fraction of sp³-hybridized carbons (Fsp3) is 0.850. The fourth-order valence-corrected chi connectivity index (χ4v) is 5.36. The number of esters is 1. The Kier molecular flexibility index (Phi) is 4.59. The number of hydrogen-bond acceptors (Lipinski definition) is 4. The van der Waals surface area contributed by atoms with Crippen LogP contribution in [0.4, 0.5) is 0 Å². The second-order valence-electron chi connectivity index (χ2n) is 9.20. The first-order valence-corrected chi connectivity index (χ1v) is 9.62. The molecule has 138 valence electrons. The van der Waals surface area contributed by atoms with E-state index in [1.165, 1.54) is 19.3 Å². The van der Waals surface area contributed by atoms with Crippen LogP contribution in [0.2, 0.25) is 0 Å². The monoisotopic (exact) mass is 346 g/mol. The Morgan fingerprint density at radius 2 is 1.60 bits per heavy atom. The van der Waals surface area contributed by atoms with E-state index < -0.39 is 17.6 Å². The number of rotatable bonds is 5. The molecule has 0 aromatic carbocycles. The molecule has 4 fully saturated rings. The summed E-state index contributed by atoms with van der Waals surface area (Å²) in [6.07, 6.45) is 5.69. The van der Waals surface area contributed by atoms with Crippen molar-refractivity contribution in [1.29, 1.82) is 5.26 Å². The summed E-state index contributed by atoms with van der Waals surface area (Å²) in [6, 6.07) is 2.15. The second-order valence-corrected chi connectivity index (χ2v) is 9.20. The van der Waals surface area contributed by atoms with Gasteiger partial charge >= 0.3 is 5.97 Å². The molecule has 0 aliphatic heterocycles. The number of nitrogens with zero attached hydrogens (tertiary/aromatic N) is 1. The van der Waals surface area contributed by atoms with Crippen LogP contribution in [0, 0.1) is 40.4 Å². The molecular weight excluding hydrogens is 316 g/mol. The first-order valence-electron chi connectivity index (χ1n) is 9.62. The van der Waals surface area contributed by atoms with Crippen molar-refractivity contribution in [3.8, 4) is 6.07 Å². The number of amides is 1. The van der Waals surface area contributed by atoms with Crippen molar-refractivity contribution in [2.75, 3.05) is 0 Å². The Hall–Kier alpha value is -1.57. The van der Waals surface area contributed by atoms with E-state index in [9.17, 15) is 14.9 Å². The fourth-order valence-electron chi connectivity index (χ4n) is 5.36. The molecule has 4 saturated carbocycles. The van der Waals surface area contributed by atoms with Gasteiger partial charge in [-0.2, -0.15) is 5.26 Å². The minimum atomic E-state index is -0.960. The first kappa shape index (κ1) is 18.2. The third-order valence-corrected chi connectivity index (χ3v) is 6.89. The number of nitrogens with one attached hydrogen (secondary N) is 1. The third-order valence-electron chi connectivity index (χ3n) is 6.89. The Bertz CT molecular complexity index is 571. The van der Waals surface area contributed by atoms with E-state index in [4.69, 9.17) is 4.74 Å². The number of carbonyl (C=O) groups is 2. The van der Waals surface area contributed by atoms with Gasteiger partial charge in [0, 0.05) is 0 Å². The van der Waals surface area contributed by atoms with Crippen molar-refractivity contribution in [3.05, 3.63) is 0 Å². The standard InChI is InChI=1S/C20H30N2O3/c1-12(2)19(4,11-21)22-17(23)13(3)25-18(24)20-8-14-5-15(9-20)7-16(6-14)10-20/h12-16H,5-10H2,1-4H3,(H,22,23)/t13-,14?,15?,16?,19-,20?/m1/s1. The largest absolute Gasteiger partial charge is 0.452 e. The smallest absolute Gasteiger partial charge is 0.312 e. The summed E-state index contributed by atoms with van der Waals surface area (Å²) in [6.45, 7) is 7.07. The Labute approximate surface area is 150 Å². The quantitative estimate of drug-likeness (QED) is 0.775. The van der Waals surface area contributed by atoms with Crippen LogP contribution in [0.15, 0.2) is 0 Å². The van der Waals surface area contributed by atoms with Gasteiger partial charge in [-0.1, -0.05) is 13.8 Å². The van der Waals surface area contributed by atoms with Gasteiger partial charge in [0.25, 0.3) is 5.91 Å². The van der Waals surface area contributed by atoms with Crippen LogP contribution in [0.25, 0.3) is 0 Å². The van der Waals surface area contributed by atoms with Gasteiger partial charge in [-0.25, -0.2) is 0 Å². The van der Waals surface area contributed by atoms with Gasteiger partial charge in [-0.3, -0.25) is 9.59 Å². The third kappa shape index (κ3) is 3.28. The molecular formula is C20H30N2O3. The van der Waals surface area contributed by atoms with Crippen LogP contribution < -0.4 is 5.32 Å². The molecule has 5 heteroatoms. The van der Waals surface area contributed by atoms with Crippen LogP contribution >= 0.6 is 0 Å². The van der Waals surface area contributed by atoms with Crippen molar-refractivity contribution in [1.82, 2.24) is 5.32 Å². The summed E-state index contributed by atoms with van der Waals surface area (Å²) in [5.41, 5.74) is -1.32. The minimum Gasteiger partial charge on any atom is -0.452 e. The van der Waals surface area contributed by atoms with E-state index >= 15 is 0 Å². The molecule has 25 heavy (non-hydrogen) atoms. The van der Waals surface area contributed by atoms with E-state index in [0.29, 0.717) is 17.8 Å². The van der Waals surface area contributed by atoms with Crippen molar-refractivity contribution in [2.45, 2.75) is 77.9 Å². The molecule has 0 saturated heterocycles. The van der Waals surface area contributed by atoms with Crippen LogP contribution in [-0.4, -0.2) is 23.5 Å². The van der Waals surface area contributed by atoms with Gasteiger partial charge < -0.3 is 10.1 Å². The SMILES string of the molecule is CC(C)[C@@](C)(C#N)NC(=O)[C@@H](C)OC(=O)C12CC3CC(CC(C3)C1)C2. The Morgan fingerprint density at radius 1 is 1.12 bits per heavy atom. The van der Waals surface area contributed by atoms with E-state index in [2.05, 4.69) is 11.4 Å². The summed E-state index contributed by atoms with van der Waals surface area (Å²) in [5, 5.41) is 12.1. The van der Waals surface area contributed by atoms with Gasteiger partial charge in [0.2, 0.25) is 0 Å². The maximum absolute atomic E-state index is 12.9. The highest BCUT2D eigenvalue weighted by Gasteiger charge is 2.56. The maximum atomic E-state index is 12.9. The van der Waals surface area contributed by atoms with E-state index in [-0.39, 0.29) is 17.3 Å². The lowest BCUT2D eigenvalue weighted by Crippen LogP contribution is -2.54. The highest BCUT2D eigenvalue weighted by molar-refractivity contribution is 5.86. The zero-order valence-corrected chi connectivity index (χ0v) is 15.8. The maximum Gasteiger partial charge on any atom is 0.312 e. The van der Waals surface area contributed by atoms with Gasteiger partial charge in [-0.05, 0) is 76.0 Å². The van der Waals surface area contributed by atoms with E-state index in [1.807, 2.05) is 13.8 Å². The predicted octanol–water partition coefficient (Wildman–Crippen LogP) is 3.19. The van der Waals surface area contributed by atoms with Gasteiger partial charge in [0.05, 0.1) is 11.5 Å². The summed E-state index contributed by atoms with van der Waals surface area (Å²) >= 11 is 0. The van der Waals surface area contributed by atoms with Gasteiger partial charge in [0.1, 0.15) is 5.54 Å². The lowest BCUT2D eigenvalue weighted by molar-refractivity contribution is -0.178. The Morgan fingerprint density at radius 3 is 2.00 bits per heavy atom. The highest BCUT2D eigenvalue weighted by Crippen LogP contribution is 2.60. The van der Waals surface area contributed by atoms with Crippen LogP contribution in [0.3, 0.4) is 0 Å². The summed E-state index contributed by atoms with van der Waals surface area (Å²) in [5.74, 6) is 1.35. The lowest BCUT2D eigenvalue weighted by Gasteiger charge is -2.55. The lowest BCUT2D eigenvalue weighted by atomic mass is 9.49. The molecule has 0 unspecified atom stereocenters. The van der Waals surface area contributed by atoms with Crippen LogP contribution in [0.5, 0.6) is 0 Å². The summed E-state index contributed by atoms with van der Waals surface area (Å²) in [7, 11) is 0. The molecule has 4 aliphatic carbocycles. The zero-order valence-electron chi connectivity index (χ0n) is 15.8. The number of carbonyl (C=O) groups excluding carboxylic acids is 2. The summed E-state index contributed by atoms with van der Waals surface area (Å²) < 4.78 is 5.61. The molecule has 0 radical (unpaired) electrons. The van der Waals surface area contributed by atoms with Crippen molar-refractivity contribution in [3.63, 3.8) is 0 Å². The molecule has 0 aromatic rings. The van der Waals surface area contributed by atoms with Gasteiger partial charge in [-0.15, -0.1) is 0 Å². The van der Waals surface area contributed by atoms with Crippen molar-refractivity contribution in [2.24, 2.45) is 29.1 Å². The highest BCUT2D eigenvalue weighted by atomic mass is 16.5. The predicted molar refractivity (Wildman–Crippen MR) is 93.2 cm³/mol. The molecule has 1 amide bonds. The van der Waals surface area contributed by atoms with Gasteiger partial charge in [0.15, 0.2) is 6.10 Å². The van der Waals surface area contributed by atoms with Crippen molar-refractivity contribution < 1.29 is 14.3 Å². The zero-order chi connectivity index (χ0) is 18.4. The van der Waals surface area contributed by atoms with Crippen molar-refractivity contribution >= 4 is 11.9 Å². The number of nitriles is 1. The number of ether oxygens (including phenoxy) is 1. The average molecular weight is 346 g/mol. The molecule has 4 rings (SSSR count). The Balaban J connectivity index is 1.63. The van der Waals surface area contributed by atoms with Crippen LogP contribution in [0.1, 0.15) is 66.2 Å². The first-order chi connectivity index (χ1) is 11.7. The molecule has 0 spiro atoms. The molecule has 4 aliphatic rings. The van der Waals surface area contributed by atoms with Crippen LogP contribution in [-0.2, 0) is 14.3 Å². The molecule has 1 N–H and O–H groups in total. The molecule has 4 bridgehead atoms. The number of hydrogen-bond donors (Lipinski definition) is 1. The topological polar surface area (TPSA) is 79.2 Å². The van der Waals surface area contributed by atoms with E-state index in [0.717, 1.165) is 19.3 Å². The molecule has 5 nitrogen and oxygen atoms in total. The normalized spacial score (nSPS) is 36.4. The minimum absolute atomic E-state index is 0.0347. The molecule has 0 aromatic heterocycles. The molecule has 0 heterocycles. The average Bonchev–Trinajstić information content (AvgIpc) is 2.53. The molecule has 2 atom stereocenters. The second kappa shape index (κ2) is 6.30. The summed E-state index contributed by atoms with van der Waals surface area (Å²) in [4.78, 5) is 25.4.